The van der Waals surface area contributed by atoms with Crippen LogP contribution in [0.15, 0.2) is 36.5 Å². The molecule has 0 unspecified atom stereocenters. The summed E-state index contributed by atoms with van der Waals surface area (Å²) in [5.41, 5.74) is 8.99. The van der Waals surface area contributed by atoms with Gasteiger partial charge in [0.05, 0.1) is 31.6 Å². The van der Waals surface area contributed by atoms with Crippen LogP contribution in [0.3, 0.4) is 0 Å². The maximum absolute atomic E-state index is 13.6. The Bertz CT molecular complexity index is 1050. The van der Waals surface area contributed by atoms with Crippen LogP contribution in [0.25, 0.3) is 5.69 Å². The van der Waals surface area contributed by atoms with E-state index in [-0.39, 0.29) is 12.4 Å². The van der Waals surface area contributed by atoms with E-state index in [0.29, 0.717) is 17.7 Å². The predicted molar refractivity (Wildman–Crippen MR) is 123 cm³/mol. The Morgan fingerprint density at radius 2 is 1.97 bits per heavy atom. The minimum absolute atomic E-state index is 0.165. The van der Waals surface area contributed by atoms with Crippen molar-refractivity contribution in [3.05, 3.63) is 53.7 Å². The average molecular weight is 440 g/mol. The van der Waals surface area contributed by atoms with E-state index in [1.54, 1.807) is 25.4 Å². The topological polar surface area (TPSA) is 85.3 Å². The van der Waals surface area contributed by atoms with Gasteiger partial charge in [0.1, 0.15) is 5.82 Å². The maximum Gasteiger partial charge on any atom is 0.232 e. The van der Waals surface area contributed by atoms with Crippen molar-refractivity contribution in [2.75, 3.05) is 36.5 Å². The summed E-state index contributed by atoms with van der Waals surface area (Å²) in [5, 5.41) is 8.67. The van der Waals surface area contributed by atoms with Crippen LogP contribution in [0, 0.1) is 5.82 Å². The van der Waals surface area contributed by atoms with Gasteiger partial charge in [-0.25, -0.2) is 9.37 Å². The van der Waals surface area contributed by atoms with Gasteiger partial charge in [-0.05, 0) is 42.7 Å². The molecule has 0 spiro atoms. The number of ether oxygens (including phenoxy) is 1. The van der Waals surface area contributed by atoms with Gasteiger partial charge < -0.3 is 20.3 Å². The summed E-state index contributed by atoms with van der Waals surface area (Å²) in [5.74, 6) is 1.82. The second kappa shape index (κ2) is 9.52. The summed E-state index contributed by atoms with van der Waals surface area (Å²) in [7, 11) is 1.59. The first-order chi connectivity index (χ1) is 15.7. The second-order valence-corrected chi connectivity index (χ2v) is 7.64. The number of aryl methyl sites for hydroxylation is 1. The first kappa shape index (κ1) is 22.0. The molecule has 8 nitrogen and oxygen atoms in total. The standard InChI is InChI=1S/C21H24FN7O.C2H6/c1-30-20-7-5-16(11-24-20)29-19(10-23)25-26-21(29)27-12-17(13-27)28-8-2-3-14-9-15(22)4-6-18(14)28;1-2/h4-7,9,11,17H,2-3,8,10,12-13,23H2,1H3;1-2H3. The summed E-state index contributed by atoms with van der Waals surface area (Å²) in [6.07, 6.45) is 3.70. The molecule has 0 radical (unpaired) electrons. The molecule has 1 saturated heterocycles. The zero-order chi connectivity index (χ0) is 22.7. The Hall–Kier alpha value is -3.20. The van der Waals surface area contributed by atoms with Crippen molar-refractivity contribution < 1.29 is 9.13 Å². The number of nitrogens with two attached hydrogens (primary N) is 1. The quantitative estimate of drug-likeness (QED) is 0.654. The molecule has 0 saturated carbocycles. The number of anilines is 2. The molecule has 3 aromatic rings. The average Bonchev–Trinajstić information content (AvgIpc) is 3.23. The van der Waals surface area contributed by atoms with E-state index in [9.17, 15) is 4.39 Å². The van der Waals surface area contributed by atoms with Gasteiger partial charge in [-0.2, -0.15) is 0 Å². The van der Waals surface area contributed by atoms with Gasteiger partial charge in [0.15, 0.2) is 5.82 Å². The van der Waals surface area contributed by atoms with E-state index < -0.39 is 0 Å². The van der Waals surface area contributed by atoms with Crippen LogP contribution in [0.5, 0.6) is 5.88 Å². The van der Waals surface area contributed by atoms with Crippen molar-refractivity contribution >= 4 is 11.6 Å². The maximum atomic E-state index is 13.6. The fourth-order valence-electron chi connectivity index (χ4n) is 4.32. The number of nitrogens with zero attached hydrogens (tertiary/aromatic N) is 6. The molecule has 2 aromatic heterocycles. The molecule has 4 heterocycles. The molecule has 1 aromatic carbocycles. The number of rotatable bonds is 5. The van der Waals surface area contributed by atoms with Crippen molar-refractivity contribution in [1.82, 2.24) is 19.7 Å². The first-order valence-electron chi connectivity index (χ1n) is 11.1. The third-order valence-corrected chi connectivity index (χ3v) is 5.87. The Morgan fingerprint density at radius 3 is 2.66 bits per heavy atom. The third-order valence-electron chi connectivity index (χ3n) is 5.87. The van der Waals surface area contributed by atoms with Crippen molar-refractivity contribution in [2.24, 2.45) is 5.73 Å². The van der Waals surface area contributed by atoms with Crippen molar-refractivity contribution in [3.63, 3.8) is 0 Å². The normalized spacial score (nSPS) is 15.5. The Morgan fingerprint density at radius 1 is 1.16 bits per heavy atom. The number of hydrogen-bond donors (Lipinski definition) is 1. The van der Waals surface area contributed by atoms with Crippen molar-refractivity contribution in [3.8, 4) is 11.6 Å². The lowest BCUT2D eigenvalue weighted by atomic mass is 9.97. The van der Waals surface area contributed by atoms with Gasteiger partial charge in [-0.3, -0.25) is 4.57 Å². The Balaban J connectivity index is 0.00000119. The summed E-state index contributed by atoms with van der Waals surface area (Å²) >= 11 is 0. The van der Waals surface area contributed by atoms with Crippen LogP contribution in [0.2, 0.25) is 0 Å². The van der Waals surface area contributed by atoms with Crippen LogP contribution in [-0.2, 0) is 13.0 Å². The Kier molecular flexibility index (Phi) is 6.55. The molecule has 5 rings (SSSR count). The highest BCUT2D eigenvalue weighted by atomic mass is 19.1. The zero-order valence-electron chi connectivity index (χ0n) is 18.8. The molecule has 2 N–H and O–H groups in total. The molecular formula is C23H30FN7O. The lowest BCUT2D eigenvalue weighted by Gasteiger charge is -2.48. The second-order valence-electron chi connectivity index (χ2n) is 7.64. The van der Waals surface area contributed by atoms with Gasteiger partial charge in [0, 0.05) is 31.4 Å². The van der Waals surface area contributed by atoms with Crippen LogP contribution >= 0.6 is 0 Å². The lowest BCUT2D eigenvalue weighted by molar-refractivity contribution is 0.397. The van der Waals surface area contributed by atoms with Gasteiger partial charge >= 0.3 is 0 Å². The molecule has 0 bridgehead atoms. The minimum Gasteiger partial charge on any atom is -0.481 e. The molecule has 0 amide bonds. The minimum atomic E-state index is -0.165. The smallest absolute Gasteiger partial charge is 0.232 e. The first-order valence-corrected chi connectivity index (χ1v) is 11.1. The molecule has 32 heavy (non-hydrogen) atoms. The van der Waals surface area contributed by atoms with Crippen molar-refractivity contribution in [2.45, 2.75) is 39.3 Å². The largest absolute Gasteiger partial charge is 0.481 e. The highest BCUT2D eigenvalue weighted by Gasteiger charge is 2.37. The molecule has 0 atom stereocenters. The molecular weight excluding hydrogens is 409 g/mol. The highest BCUT2D eigenvalue weighted by Crippen LogP contribution is 2.33. The number of benzene rings is 1. The number of fused-ring (bicyclic) bond motifs is 1. The molecule has 2 aliphatic heterocycles. The number of aromatic nitrogens is 4. The zero-order valence-corrected chi connectivity index (χ0v) is 18.8. The van der Waals surface area contributed by atoms with Crippen LogP contribution in [0.1, 0.15) is 31.7 Å². The Labute approximate surface area is 187 Å². The summed E-state index contributed by atoms with van der Waals surface area (Å²) < 4.78 is 20.7. The molecule has 9 heteroatoms. The summed E-state index contributed by atoms with van der Waals surface area (Å²) in [6.45, 7) is 6.91. The van der Waals surface area contributed by atoms with Gasteiger partial charge in [0.25, 0.3) is 0 Å². The van der Waals surface area contributed by atoms with E-state index in [1.165, 1.54) is 0 Å². The third kappa shape index (κ3) is 4.00. The van der Waals surface area contributed by atoms with Crippen molar-refractivity contribution in [1.29, 1.82) is 0 Å². The summed E-state index contributed by atoms with van der Waals surface area (Å²) in [4.78, 5) is 8.89. The number of pyridine rings is 1. The predicted octanol–water partition coefficient (Wildman–Crippen LogP) is 2.94. The van der Waals surface area contributed by atoms with Gasteiger partial charge in [0.2, 0.25) is 11.8 Å². The van der Waals surface area contributed by atoms with Gasteiger partial charge in [-0.1, -0.05) is 13.8 Å². The monoisotopic (exact) mass is 439 g/mol. The molecule has 2 aliphatic rings. The molecule has 0 aliphatic carbocycles. The van der Waals surface area contributed by atoms with E-state index in [4.69, 9.17) is 10.5 Å². The van der Waals surface area contributed by atoms with Crippen LogP contribution < -0.4 is 20.3 Å². The fourth-order valence-corrected chi connectivity index (χ4v) is 4.32. The molecule has 1 fully saturated rings. The number of hydrogen-bond acceptors (Lipinski definition) is 7. The van der Waals surface area contributed by atoms with E-state index in [1.807, 2.05) is 36.6 Å². The fraction of sp³-hybridized carbons (Fsp3) is 0.435. The van der Waals surface area contributed by atoms with E-state index in [2.05, 4.69) is 25.0 Å². The van der Waals surface area contributed by atoms with Crippen LogP contribution in [-0.4, -0.2) is 52.5 Å². The lowest BCUT2D eigenvalue weighted by Crippen LogP contribution is -2.61. The van der Waals surface area contributed by atoms with Crippen LogP contribution in [0.4, 0.5) is 16.0 Å². The SMILES string of the molecule is CC.COc1ccc(-n2c(CN)nnc2N2CC(N3CCCc4cc(F)ccc43)C2)cn1. The number of methoxy groups -OCH3 is 1. The van der Waals surface area contributed by atoms with E-state index >= 15 is 0 Å². The molecule has 170 valence electrons. The van der Waals surface area contributed by atoms with Gasteiger partial charge in [-0.15, -0.1) is 10.2 Å². The highest BCUT2D eigenvalue weighted by molar-refractivity contribution is 5.59. The number of halogens is 1. The van der Waals surface area contributed by atoms with E-state index in [0.717, 1.165) is 55.4 Å². The summed E-state index contributed by atoms with van der Waals surface area (Å²) in [6, 6.07) is 9.21.